The monoisotopic (exact) mass is 257 g/mol. The molecule has 0 saturated heterocycles. The maximum absolute atomic E-state index is 13.4. The number of hydrogen-bond acceptors (Lipinski definition) is 1. The number of hydrogen-bond donors (Lipinski definition) is 1. The van der Waals surface area contributed by atoms with Crippen LogP contribution in [-0.4, -0.2) is 6.54 Å². The van der Waals surface area contributed by atoms with Crippen molar-refractivity contribution in [3.05, 3.63) is 34.1 Å². The highest BCUT2D eigenvalue weighted by molar-refractivity contribution is 6.31. The SMILES string of the molecule is CCCCC(NCC)c1cc(C)c(F)cc1Cl. The molecule has 0 amide bonds. The number of rotatable bonds is 6. The Bertz CT molecular complexity index is 365. The van der Waals surface area contributed by atoms with Crippen molar-refractivity contribution in [2.45, 2.75) is 46.1 Å². The smallest absolute Gasteiger partial charge is 0.127 e. The molecule has 1 aromatic carbocycles. The summed E-state index contributed by atoms with van der Waals surface area (Å²) in [4.78, 5) is 0. The van der Waals surface area contributed by atoms with Crippen molar-refractivity contribution in [3.8, 4) is 0 Å². The van der Waals surface area contributed by atoms with Crippen LogP contribution in [0.4, 0.5) is 4.39 Å². The second-order valence-corrected chi connectivity index (χ2v) is 4.78. The molecular formula is C14H21ClFN. The molecule has 0 aliphatic carbocycles. The van der Waals surface area contributed by atoms with Crippen LogP contribution in [0, 0.1) is 12.7 Å². The Morgan fingerprint density at radius 3 is 2.65 bits per heavy atom. The fraction of sp³-hybridized carbons (Fsp3) is 0.571. The number of nitrogens with one attached hydrogen (secondary N) is 1. The summed E-state index contributed by atoms with van der Waals surface area (Å²) < 4.78 is 13.4. The number of halogens is 2. The van der Waals surface area contributed by atoms with E-state index in [-0.39, 0.29) is 11.9 Å². The summed E-state index contributed by atoms with van der Waals surface area (Å²) in [5.41, 5.74) is 1.67. The number of benzene rings is 1. The van der Waals surface area contributed by atoms with Gasteiger partial charge in [-0.05, 0) is 37.1 Å². The Morgan fingerprint density at radius 2 is 2.06 bits per heavy atom. The molecule has 1 unspecified atom stereocenters. The lowest BCUT2D eigenvalue weighted by atomic mass is 9.99. The molecule has 1 nitrogen and oxygen atoms in total. The van der Waals surface area contributed by atoms with Crippen LogP contribution >= 0.6 is 11.6 Å². The van der Waals surface area contributed by atoms with Crippen LogP contribution in [0.1, 0.15) is 50.3 Å². The highest BCUT2D eigenvalue weighted by Crippen LogP contribution is 2.29. The molecule has 0 spiro atoms. The van der Waals surface area contributed by atoms with E-state index in [0.717, 1.165) is 31.4 Å². The van der Waals surface area contributed by atoms with Crippen molar-refractivity contribution >= 4 is 11.6 Å². The van der Waals surface area contributed by atoms with Gasteiger partial charge in [0.2, 0.25) is 0 Å². The largest absolute Gasteiger partial charge is 0.310 e. The highest BCUT2D eigenvalue weighted by atomic mass is 35.5. The van der Waals surface area contributed by atoms with E-state index in [1.54, 1.807) is 6.92 Å². The van der Waals surface area contributed by atoms with E-state index in [0.29, 0.717) is 10.6 Å². The Kier molecular flexibility index (Phi) is 5.93. The molecule has 96 valence electrons. The minimum Gasteiger partial charge on any atom is -0.310 e. The van der Waals surface area contributed by atoms with Crippen LogP contribution in [0.2, 0.25) is 5.02 Å². The Hall–Kier alpha value is -0.600. The third kappa shape index (κ3) is 3.97. The lowest BCUT2D eigenvalue weighted by Gasteiger charge is -2.20. The van der Waals surface area contributed by atoms with Crippen LogP contribution in [0.3, 0.4) is 0 Å². The van der Waals surface area contributed by atoms with E-state index in [4.69, 9.17) is 11.6 Å². The molecule has 1 N–H and O–H groups in total. The zero-order valence-electron chi connectivity index (χ0n) is 10.8. The van der Waals surface area contributed by atoms with Crippen molar-refractivity contribution in [1.82, 2.24) is 5.32 Å². The summed E-state index contributed by atoms with van der Waals surface area (Å²) in [5.74, 6) is -0.232. The van der Waals surface area contributed by atoms with E-state index in [2.05, 4.69) is 19.2 Å². The van der Waals surface area contributed by atoms with Crippen molar-refractivity contribution < 1.29 is 4.39 Å². The van der Waals surface area contributed by atoms with E-state index in [1.165, 1.54) is 6.07 Å². The van der Waals surface area contributed by atoms with Gasteiger partial charge in [-0.15, -0.1) is 0 Å². The average molecular weight is 258 g/mol. The van der Waals surface area contributed by atoms with Gasteiger partial charge in [0.05, 0.1) is 0 Å². The van der Waals surface area contributed by atoms with Gasteiger partial charge < -0.3 is 5.32 Å². The van der Waals surface area contributed by atoms with Gasteiger partial charge >= 0.3 is 0 Å². The molecule has 1 aromatic rings. The van der Waals surface area contributed by atoms with E-state index < -0.39 is 0 Å². The molecular weight excluding hydrogens is 237 g/mol. The van der Waals surface area contributed by atoms with Crippen molar-refractivity contribution in [2.75, 3.05) is 6.54 Å². The fourth-order valence-electron chi connectivity index (χ4n) is 1.97. The zero-order valence-corrected chi connectivity index (χ0v) is 11.6. The third-order valence-electron chi connectivity index (χ3n) is 2.95. The number of aryl methyl sites for hydroxylation is 1. The molecule has 0 bridgehead atoms. The number of unbranched alkanes of at least 4 members (excludes halogenated alkanes) is 1. The fourth-order valence-corrected chi connectivity index (χ4v) is 2.25. The summed E-state index contributed by atoms with van der Waals surface area (Å²) >= 11 is 6.13. The highest BCUT2D eigenvalue weighted by Gasteiger charge is 2.15. The van der Waals surface area contributed by atoms with E-state index >= 15 is 0 Å². The molecule has 0 aliphatic heterocycles. The molecule has 0 radical (unpaired) electrons. The lowest BCUT2D eigenvalue weighted by molar-refractivity contribution is 0.493. The van der Waals surface area contributed by atoms with Crippen molar-refractivity contribution in [2.24, 2.45) is 0 Å². The first-order valence-electron chi connectivity index (χ1n) is 6.29. The van der Waals surface area contributed by atoms with Crippen LogP contribution in [0.5, 0.6) is 0 Å². The molecule has 0 saturated carbocycles. The van der Waals surface area contributed by atoms with Gasteiger partial charge in [0, 0.05) is 11.1 Å². The van der Waals surface area contributed by atoms with Crippen LogP contribution < -0.4 is 5.32 Å². The van der Waals surface area contributed by atoms with Crippen molar-refractivity contribution in [1.29, 1.82) is 0 Å². The minimum absolute atomic E-state index is 0.228. The van der Waals surface area contributed by atoms with E-state index in [1.807, 2.05) is 6.07 Å². The summed E-state index contributed by atoms with van der Waals surface area (Å²) in [6.07, 6.45) is 3.33. The molecule has 17 heavy (non-hydrogen) atoms. The Labute approximate surface area is 108 Å². The molecule has 1 atom stereocenters. The van der Waals surface area contributed by atoms with Gasteiger partial charge in [0.15, 0.2) is 0 Å². The maximum atomic E-state index is 13.4. The predicted octanol–water partition coefficient (Wildman–Crippen LogP) is 4.63. The van der Waals surface area contributed by atoms with Gasteiger partial charge in [-0.2, -0.15) is 0 Å². The van der Waals surface area contributed by atoms with Gasteiger partial charge in [0.25, 0.3) is 0 Å². The second-order valence-electron chi connectivity index (χ2n) is 4.38. The topological polar surface area (TPSA) is 12.0 Å². The summed E-state index contributed by atoms with van der Waals surface area (Å²) in [6.45, 7) is 6.91. The third-order valence-corrected chi connectivity index (χ3v) is 3.28. The molecule has 3 heteroatoms. The standard InChI is InChI=1S/C14H21ClFN/c1-4-6-7-14(17-5-2)11-8-10(3)13(16)9-12(11)15/h8-9,14,17H,4-7H2,1-3H3. The van der Waals surface area contributed by atoms with Gasteiger partial charge in [-0.3, -0.25) is 0 Å². The predicted molar refractivity (Wildman–Crippen MR) is 72.1 cm³/mol. The molecule has 0 aromatic heterocycles. The first-order chi connectivity index (χ1) is 8.10. The summed E-state index contributed by atoms with van der Waals surface area (Å²) in [5, 5.41) is 3.94. The normalized spacial score (nSPS) is 12.8. The molecule has 0 heterocycles. The maximum Gasteiger partial charge on any atom is 0.127 e. The van der Waals surface area contributed by atoms with Crippen LogP contribution in [-0.2, 0) is 0 Å². The van der Waals surface area contributed by atoms with Crippen molar-refractivity contribution in [3.63, 3.8) is 0 Å². The zero-order chi connectivity index (χ0) is 12.8. The minimum atomic E-state index is -0.232. The summed E-state index contributed by atoms with van der Waals surface area (Å²) in [6, 6.07) is 3.51. The Balaban J connectivity index is 2.96. The Morgan fingerprint density at radius 1 is 1.35 bits per heavy atom. The quantitative estimate of drug-likeness (QED) is 0.784. The second kappa shape index (κ2) is 6.97. The lowest BCUT2D eigenvalue weighted by Crippen LogP contribution is -2.21. The average Bonchev–Trinajstić information content (AvgIpc) is 2.29. The van der Waals surface area contributed by atoms with Crippen LogP contribution in [0.15, 0.2) is 12.1 Å². The molecule has 0 fully saturated rings. The van der Waals surface area contributed by atoms with Gasteiger partial charge in [-0.25, -0.2) is 4.39 Å². The van der Waals surface area contributed by atoms with Gasteiger partial charge in [-0.1, -0.05) is 44.4 Å². The first kappa shape index (κ1) is 14.5. The molecule has 0 aliphatic rings. The van der Waals surface area contributed by atoms with Gasteiger partial charge in [0.1, 0.15) is 5.82 Å². The first-order valence-corrected chi connectivity index (χ1v) is 6.66. The molecule has 1 rings (SSSR count). The van der Waals surface area contributed by atoms with Crippen LogP contribution in [0.25, 0.3) is 0 Å². The summed E-state index contributed by atoms with van der Waals surface area (Å²) in [7, 11) is 0. The van der Waals surface area contributed by atoms with E-state index in [9.17, 15) is 4.39 Å².